The molecule has 3 rings (SSSR count). The first-order valence-corrected chi connectivity index (χ1v) is 9.21. The van der Waals surface area contributed by atoms with Crippen molar-refractivity contribution in [1.29, 1.82) is 0 Å². The van der Waals surface area contributed by atoms with E-state index < -0.39 is 0 Å². The molecular formula is C20H25ClN4O. The van der Waals surface area contributed by atoms with E-state index in [0.29, 0.717) is 28.8 Å². The van der Waals surface area contributed by atoms with Crippen LogP contribution in [0.4, 0.5) is 5.82 Å². The number of hydrogen-bond acceptors (Lipinski definition) is 5. The molecule has 6 heteroatoms. The lowest BCUT2D eigenvalue weighted by Gasteiger charge is -2.14. The van der Waals surface area contributed by atoms with E-state index in [1.807, 2.05) is 45.0 Å². The van der Waals surface area contributed by atoms with Crippen LogP contribution in [0.15, 0.2) is 42.5 Å². The lowest BCUT2D eigenvalue weighted by molar-refractivity contribution is 0.477. The van der Waals surface area contributed by atoms with Crippen molar-refractivity contribution in [1.82, 2.24) is 9.97 Å². The number of aromatic nitrogens is 2. The third-order valence-electron chi connectivity index (χ3n) is 3.86. The van der Waals surface area contributed by atoms with Crippen molar-refractivity contribution in [3.05, 3.63) is 47.5 Å². The number of para-hydroxylation sites is 1. The minimum Gasteiger partial charge on any atom is -0.507 e. The number of rotatable bonds is 5. The van der Waals surface area contributed by atoms with Gasteiger partial charge in [-0.05, 0) is 36.8 Å². The topological polar surface area (TPSA) is 84.1 Å². The Morgan fingerprint density at radius 2 is 1.88 bits per heavy atom. The van der Waals surface area contributed by atoms with E-state index in [9.17, 15) is 5.11 Å². The Kier molecular flexibility index (Phi) is 7.18. The monoisotopic (exact) mass is 372 g/mol. The van der Waals surface area contributed by atoms with Crippen LogP contribution in [0.3, 0.4) is 0 Å². The van der Waals surface area contributed by atoms with E-state index in [0.717, 1.165) is 17.3 Å². The average Bonchev–Trinajstić information content (AvgIpc) is 2.69. The van der Waals surface area contributed by atoms with E-state index in [4.69, 9.17) is 17.3 Å². The molecule has 0 radical (unpaired) electrons. The molecule has 0 aliphatic carbocycles. The van der Waals surface area contributed by atoms with Crippen molar-refractivity contribution < 1.29 is 5.11 Å². The third-order valence-corrected chi connectivity index (χ3v) is 4.09. The van der Waals surface area contributed by atoms with Gasteiger partial charge in [0, 0.05) is 23.0 Å². The van der Waals surface area contributed by atoms with Crippen LogP contribution >= 0.6 is 11.6 Å². The van der Waals surface area contributed by atoms with Crippen molar-refractivity contribution in [3.63, 3.8) is 0 Å². The van der Waals surface area contributed by atoms with Crippen molar-refractivity contribution >= 4 is 28.3 Å². The van der Waals surface area contributed by atoms with Crippen LogP contribution in [0.5, 0.6) is 5.75 Å². The largest absolute Gasteiger partial charge is 0.507 e. The summed E-state index contributed by atoms with van der Waals surface area (Å²) in [5.41, 5.74) is 7.28. The molecule has 1 heterocycles. The number of nitrogens with two attached hydrogens (primary N) is 1. The Hall–Kier alpha value is -2.37. The standard InChI is InChI=1S/C18H19ClN4O.C2H6/c1-2-12(20)10-21-17-13-5-3-4-6-15(13)22-18(23-17)14-9-11(19)7-8-16(14)24;1-2/h3-9,12,24H,2,10,20H2,1H3,(H,21,22,23);1-2H3. The molecular weight excluding hydrogens is 348 g/mol. The minimum atomic E-state index is 0.0433. The summed E-state index contributed by atoms with van der Waals surface area (Å²) in [4.78, 5) is 9.14. The van der Waals surface area contributed by atoms with Gasteiger partial charge in [-0.3, -0.25) is 0 Å². The van der Waals surface area contributed by atoms with Crippen molar-refractivity contribution in [2.45, 2.75) is 33.2 Å². The zero-order valence-electron chi connectivity index (χ0n) is 15.3. The fourth-order valence-corrected chi connectivity index (χ4v) is 2.56. The number of anilines is 1. The Morgan fingerprint density at radius 1 is 1.15 bits per heavy atom. The zero-order valence-corrected chi connectivity index (χ0v) is 16.1. The maximum atomic E-state index is 10.1. The van der Waals surface area contributed by atoms with E-state index in [1.54, 1.807) is 12.1 Å². The van der Waals surface area contributed by atoms with Crippen molar-refractivity contribution in [2.75, 3.05) is 11.9 Å². The van der Waals surface area contributed by atoms with Crippen LogP contribution in [0.1, 0.15) is 27.2 Å². The number of aromatic hydroxyl groups is 1. The molecule has 1 atom stereocenters. The predicted molar refractivity (Wildman–Crippen MR) is 110 cm³/mol. The van der Waals surface area contributed by atoms with Crippen LogP contribution in [-0.4, -0.2) is 27.7 Å². The lowest BCUT2D eigenvalue weighted by Crippen LogP contribution is -2.28. The van der Waals surface area contributed by atoms with Gasteiger partial charge in [-0.25, -0.2) is 9.97 Å². The highest BCUT2D eigenvalue weighted by Crippen LogP contribution is 2.32. The molecule has 3 aromatic rings. The summed E-state index contributed by atoms with van der Waals surface area (Å²) in [7, 11) is 0. The Morgan fingerprint density at radius 3 is 2.62 bits per heavy atom. The van der Waals surface area contributed by atoms with E-state index in [-0.39, 0.29) is 11.8 Å². The van der Waals surface area contributed by atoms with Gasteiger partial charge in [-0.15, -0.1) is 0 Å². The van der Waals surface area contributed by atoms with Crippen LogP contribution < -0.4 is 11.1 Å². The SMILES string of the molecule is CC.CCC(N)CNc1nc(-c2cc(Cl)ccc2O)nc2ccccc12. The van der Waals surface area contributed by atoms with Gasteiger partial charge >= 0.3 is 0 Å². The van der Waals surface area contributed by atoms with Gasteiger partial charge in [0.15, 0.2) is 5.82 Å². The molecule has 0 saturated heterocycles. The molecule has 0 bridgehead atoms. The first-order chi connectivity index (χ1) is 12.6. The Balaban J connectivity index is 0.00000117. The van der Waals surface area contributed by atoms with Gasteiger partial charge in [0.05, 0.1) is 11.1 Å². The quantitative estimate of drug-likeness (QED) is 0.597. The summed E-state index contributed by atoms with van der Waals surface area (Å²) in [6.07, 6.45) is 0.873. The van der Waals surface area contributed by atoms with Crippen molar-refractivity contribution in [3.8, 4) is 17.1 Å². The number of hydrogen-bond donors (Lipinski definition) is 3. The lowest BCUT2D eigenvalue weighted by atomic mass is 10.1. The summed E-state index contributed by atoms with van der Waals surface area (Å²) in [5.74, 6) is 1.20. The summed E-state index contributed by atoms with van der Waals surface area (Å²) in [6.45, 7) is 6.65. The molecule has 0 saturated carbocycles. The summed E-state index contributed by atoms with van der Waals surface area (Å²) in [6, 6.07) is 12.6. The number of phenolic OH excluding ortho intramolecular Hbond substituents is 1. The van der Waals surface area contributed by atoms with E-state index in [1.165, 1.54) is 6.07 Å². The van der Waals surface area contributed by atoms with Gasteiger partial charge in [0.25, 0.3) is 0 Å². The minimum absolute atomic E-state index is 0.0433. The highest BCUT2D eigenvalue weighted by atomic mass is 35.5. The number of nitrogens with zero attached hydrogens (tertiary/aromatic N) is 2. The third kappa shape index (κ3) is 4.62. The van der Waals surface area contributed by atoms with Crippen molar-refractivity contribution in [2.24, 2.45) is 5.73 Å². The number of nitrogens with one attached hydrogen (secondary N) is 1. The zero-order chi connectivity index (χ0) is 19.1. The Labute approximate surface area is 159 Å². The van der Waals surface area contributed by atoms with E-state index >= 15 is 0 Å². The fourth-order valence-electron chi connectivity index (χ4n) is 2.39. The van der Waals surface area contributed by atoms with Gasteiger partial charge < -0.3 is 16.2 Å². The number of halogens is 1. The van der Waals surface area contributed by atoms with Crippen LogP contribution in [0.25, 0.3) is 22.3 Å². The maximum absolute atomic E-state index is 10.1. The second kappa shape index (κ2) is 9.36. The first kappa shape index (κ1) is 19.9. The van der Waals surface area contributed by atoms with Gasteiger partial charge in [0.2, 0.25) is 0 Å². The molecule has 1 unspecified atom stereocenters. The number of benzene rings is 2. The second-order valence-corrected chi connectivity index (χ2v) is 6.06. The summed E-state index contributed by atoms with van der Waals surface area (Å²) in [5, 5.41) is 14.8. The van der Waals surface area contributed by atoms with Gasteiger partial charge in [0.1, 0.15) is 11.6 Å². The number of phenols is 1. The molecule has 0 fully saturated rings. The summed E-state index contributed by atoms with van der Waals surface area (Å²) < 4.78 is 0. The second-order valence-electron chi connectivity index (χ2n) is 5.62. The smallest absolute Gasteiger partial charge is 0.165 e. The predicted octanol–water partition coefficient (Wildman–Crippen LogP) is 4.83. The van der Waals surface area contributed by atoms with Gasteiger partial charge in [-0.2, -0.15) is 0 Å². The summed E-state index contributed by atoms with van der Waals surface area (Å²) >= 11 is 6.05. The maximum Gasteiger partial charge on any atom is 0.165 e. The molecule has 5 nitrogen and oxygen atoms in total. The Bertz CT molecular complexity index is 870. The average molecular weight is 373 g/mol. The molecule has 138 valence electrons. The molecule has 4 N–H and O–H groups in total. The van der Waals surface area contributed by atoms with Crippen LogP contribution in [-0.2, 0) is 0 Å². The molecule has 0 amide bonds. The molecule has 0 aliphatic heterocycles. The number of fused-ring (bicyclic) bond motifs is 1. The molecule has 0 spiro atoms. The van der Waals surface area contributed by atoms with Gasteiger partial charge in [-0.1, -0.05) is 44.5 Å². The first-order valence-electron chi connectivity index (χ1n) is 8.83. The molecule has 2 aromatic carbocycles. The van der Waals surface area contributed by atoms with Crippen LogP contribution in [0, 0.1) is 0 Å². The highest BCUT2D eigenvalue weighted by molar-refractivity contribution is 6.30. The molecule has 1 aromatic heterocycles. The van der Waals surface area contributed by atoms with E-state index in [2.05, 4.69) is 15.3 Å². The fraction of sp³-hybridized carbons (Fsp3) is 0.300. The van der Waals surface area contributed by atoms with Crippen LogP contribution in [0.2, 0.25) is 5.02 Å². The normalized spacial score (nSPS) is 11.6. The molecule has 26 heavy (non-hydrogen) atoms. The highest BCUT2D eigenvalue weighted by Gasteiger charge is 2.13. The molecule has 0 aliphatic rings.